The van der Waals surface area contributed by atoms with E-state index in [2.05, 4.69) is 5.32 Å². The van der Waals surface area contributed by atoms with Crippen LogP contribution in [0.1, 0.15) is 36.5 Å². The number of aliphatic hydroxyl groups is 1. The first-order chi connectivity index (χ1) is 10.1. The van der Waals surface area contributed by atoms with Gasteiger partial charge in [0, 0.05) is 23.8 Å². The molecular formula is C16H22N2O3. The Hall–Kier alpha value is -1.72. The highest BCUT2D eigenvalue weighted by molar-refractivity contribution is 5.96. The molecule has 0 radical (unpaired) electrons. The number of hydrogen-bond acceptors (Lipinski definition) is 4. The van der Waals surface area contributed by atoms with Crippen molar-refractivity contribution in [1.82, 2.24) is 4.90 Å². The Labute approximate surface area is 125 Å². The molecular weight excluding hydrogens is 268 g/mol. The Morgan fingerprint density at radius 1 is 1.29 bits per heavy atom. The number of amides is 1. The molecule has 1 fully saturated rings. The zero-order valence-corrected chi connectivity index (χ0v) is 12.3. The first-order valence-corrected chi connectivity index (χ1v) is 7.36. The highest BCUT2D eigenvalue weighted by Gasteiger charge is 2.25. The molecule has 114 valence electrons. The van der Waals surface area contributed by atoms with Crippen molar-refractivity contribution in [3.8, 4) is 0 Å². The van der Waals surface area contributed by atoms with Crippen LogP contribution in [0.2, 0.25) is 0 Å². The predicted molar refractivity (Wildman–Crippen MR) is 81.4 cm³/mol. The molecule has 1 amide bonds. The van der Waals surface area contributed by atoms with E-state index in [-0.39, 0.29) is 18.3 Å². The largest absolute Gasteiger partial charge is 0.395 e. The van der Waals surface area contributed by atoms with Gasteiger partial charge in [0.15, 0.2) is 5.78 Å². The summed E-state index contributed by atoms with van der Waals surface area (Å²) in [5, 5.41) is 11.9. The molecule has 5 heteroatoms. The number of nitrogens with one attached hydrogen (secondary N) is 1. The minimum absolute atomic E-state index is 0.00646. The number of ketones is 1. The number of carbonyl (C=O) groups excluding carboxylic acids is 2. The molecule has 5 nitrogen and oxygen atoms in total. The van der Waals surface area contributed by atoms with Crippen molar-refractivity contribution in [2.45, 2.75) is 32.2 Å². The lowest BCUT2D eigenvalue weighted by Gasteiger charge is -2.36. The van der Waals surface area contributed by atoms with Crippen molar-refractivity contribution in [2.75, 3.05) is 25.0 Å². The summed E-state index contributed by atoms with van der Waals surface area (Å²) in [4.78, 5) is 25.3. The van der Waals surface area contributed by atoms with Crippen LogP contribution < -0.4 is 5.32 Å². The number of nitrogens with zero attached hydrogens (tertiary/aromatic N) is 1. The average molecular weight is 290 g/mol. The van der Waals surface area contributed by atoms with Crippen molar-refractivity contribution in [1.29, 1.82) is 0 Å². The summed E-state index contributed by atoms with van der Waals surface area (Å²) in [6, 6.07) is 7.29. The van der Waals surface area contributed by atoms with E-state index in [1.54, 1.807) is 24.3 Å². The summed E-state index contributed by atoms with van der Waals surface area (Å²) in [5.74, 6) is -0.0853. The van der Waals surface area contributed by atoms with Gasteiger partial charge >= 0.3 is 0 Å². The SMILES string of the molecule is CC(=O)c1ccc(NC(=O)CN(CCO)C2CCC2)cc1. The number of hydrogen-bond donors (Lipinski definition) is 2. The van der Waals surface area contributed by atoms with E-state index in [1.807, 2.05) is 4.90 Å². The van der Waals surface area contributed by atoms with Gasteiger partial charge in [-0.3, -0.25) is 14.5 Å². The minimum Gasteiger partial charge on any atom is -0.395 e. The lowest BCUT2D eigenvalue weighted by molar-refractivity contribution is -0.118. The van der Waals surface area contributed by atoms with Gasteiger partial charge in [0.05, 0.1) is 13.2 Å². The summed E-state index contributed by atoms with van der Waals surface area (Å²) >= 11 is 0. The first kappa shape index (κ1) is 15.7. The van der Waals surface area contributed by atoms with Crippen LogP contribution in [0, 0.1) is 0 Å². The quantitative estimate of drug-likeness (QED) is 0.750. The minimum atomic E-state index is -0.0917. The van der Waals surface area contributed by atoms with Gasteiger partial charge in [-0.2, -0.15) is 0 Å². The molecule has 1 aliphatic rings. The van der Waals surface area contributed by atoms with Crippen LogP contribution in [0.4, 0.5) is 5.69 Å². The second-order valence-corrected chi connectivity index (χ2v) is 5.46. The topological polar surface area (TPSA) is 69.6 Å². The Bertz CT molecular complexity index is 495. The van der Waals surface area contributed by atoms with Crippen LogP contribution in [0.15, 0.2) is 24.3 Å². The molecule has 0 aromatic heterocycles. The Balaban J connectivity index is 1.89. The molecule has 0 unspecified atom stereocenters. The van der Waals surface area contributed by atoms with Crippen LogP contribution in [-0.2, 0) is 4.79 Å². The molecule has 1 aliphatic carbocycles. The van der Waals surface area contributed by atoms with Crippen LogP contribution in [0.25, 0.3) is 0 Å². The van der Waals surface area contributed by atoms with Gasteiger partial charge in [0.25, 0.3) is 0 Å². The van der Waals surface area contributed by atoms with Crippen molar-refractivity contribution < 1.29 is 14.7 Å². The first-order valence-electron chi connectivity index (χ1n) is 7.36. The van der Waals surface area contributed by atoms with Crippen LogP contribution >= 0.6 is 0 Å². The summed E-state index contributed by atoms with van der Waals surface area (Å²) in [5.41, 5.74) is 1.31. The molecule has 0 aliphatic heterocycles. The number of benzene rings is 1. The molecule has 1 aromatic rings. The van der Waals surface area contributed by atoms with Crippen molar-refractivity contribution in [2.24, 2.45) is 0 Å². The lowest BCUT2D eigenvalue weighted by atomic mass is 9.91. The third-order valence-corrected chi connectivity index (χ3v) is 3.90. The zero-order chi connectivity index (χ0) is 15.2. The van der Waals surface area contributed by atoms with Gasteiger partial charge in [-0.15, -0.1) is 0 Å². The Kier molecular flexibility index (Phi) is 5.47. The number of aliphatic hydroxyl groups excluding tert-OH is 1. The third-order valence-electron chi connectivity index (χ3n) is 3.90. The summed E-state index contributed by atoms with van der Waals surface area (Å²) < 4.78 is 0. The van der Waals surface area contributed by atoms with E-state index in [4.69, 9.17) is 5.11 Å². The number of Topliss-reactive ketones (excluding diaryl/α,β-unsaturated/α-hetero) is 1. The number of carbonyl (C=O) groups is 2. The maximum Gasteiger partial charge on any atom is 0.238 e. The maximum absolute atomic E-state index is 12.1. The fourth-order valence-electron chi connectivity index (χ4n) is 2.44. The van der Waals surface area contributed by atoms with E-state index >= 15 is 0 Å². The summed E-state index contributed by atoms with van der Waals surface area (Å²) in [7, 11) is 0. The van der Waals surface area contributed by atoms with Crippen molar-refractivity contribution in [3.63, 3.8) is 0 Å². The van der Waals surface area contributed by atoms with Crippen LogP contribution in [0.3, 0.4) is 0 Å². The van der Waals surface area contributed by atoms with Gasteiger partial charge in [-0.1, -0.05) is 6.42 Å². The average Bonchev–Trinajstić information content (AvgIpc) is 2.37. The van der Waals surface area contributed by atoms with Gasteiger partial charge in [0.1, 0.15) is 0 Å². The zero-order valence-electron chi connectivity index (χ0n) is 12.3. The van der Waals surface area contributed by atoms with E-state index in [0.29, 0.717) is 30.4 Å². The highest BCUT2D eigenvalue weighted by Crippen LogP contribution is 2.24. The molecule has 1 saturated carbocycles. The summed E-state index contributed by atoms with van der Waals surface area (Å²) in [6.07, 6.45) is 3.39. The van der Waals surface area contributed by atoms with Crippen molar-refractivity contribution in [3.05, 3.63) is 29.8 Å². The molecule has 0 heterocycles. The van der Waals surface area contributed by atoms with E-state index in [9.17, 15) is 9.59 Å². The Morgan fingerprint density at radius 2 is 1.95 bits per heavy atom. The molecule has 0 atom stereocenters. The molecule has 0 bridgehead atoms. The molecule has 2 N–H and O–H groups in total. The normalized spacial score (nSPS) is 14.8. The predicted octanol–water partition coefficient (Wildman–Crippen LogP) is 1.67. The molecule has 0 spiro atoms. The highest BCUT2D eigenvalue weighted by atomic mass is 16.3. The lowest BCUT2D eigenvalue weighted by Crippen LogP contribution is -2.45. The molecule has 2 rings (SSSR count). The fraction of sp³-hybridized carbons (Fsp3) is 0.500. The van der Waals surface area contributed by atoms with Gasteiger partial charge in [-0.25, -0.2) is 0 Å². The second-order valence-electron chi connectivity index (χ2n) is 5.46. The van der Waals surface area contributed by atoms with E-state index in [0.717, 1.165) is 12.8 Å². The summed E-state index contributed by atoms with van der Waals surface area (Å²) in [6.45, 7) is 2.40. The van der Waals surface area contributed by atoms with Gasteiger partial charge in [0.2, 0.25) is 5.91 Å². The third kappa shape index (κ3) is 4.37. The number of rotatable bonds is 7. The van der Waals surface area contributed by atoms with E-state index in [1.165, 1.54) is 13.3 Å². The molecule has 0 saturated heterocycles. The standard InChI is InChI=1S/C16H22N2O3/c1-12(20)13-5-7-14(8-6-13)17-16(21)11-18(9-10-19)15-3-2-4-15/h5-8,15,19H,2-4,9-11H2,1H3,(H,17,21). The van der Waals surface area contributed by atoms with Crippen LogP contribution in [0.5, 0.6) is 0 Å². The number of anilines is 1. The molecule has 1 aromatic carbocycles. The van der Waals surface area contributed by atoms with Gasteiger partial charge < -0.3 is 10.4 Å². The van der Waals surface area contributed by atoms with E-state index < -0.39 is 0 Å². The second kappa shape index (κ2) is 7.33. The van der Waals surface area contributed by atoms with Gasteiger partial charge in [-0.05, 0) is 44.0 Å². The fourth-order valence-corrected chi connectivity index (χ4v) is 2.44. The smallest absolute Gasteiger partial charge is 0.238 e. The maximum atomic E-state index is 12.1. The van der Waals surface area contributed by atoms with Crippen LogP contribution in [-0.4, -0.2) is 47.4 Å². The monoisotopic (exact) mass is 290 g/mol. The molecule has 21 heavy (non-hydrogen) atoms. The van der Waals surface area contributed by atoms with Crippen molar-refractivity contribution >= 4 is 17.4 Å². The Morgan fingerprint density at radius 3 is 2.43 bits per heavy atom.